The van der Waals surface area contributed by atoms with Gasteiger partial charge in [0, 0.05) is 19.3 Å². The lowest BCUT2D eigenvalue weighted by molar-refractivity contribution is -0.142. The SMILES string of the molecule is C=CCN(CCO)C(=O)Cn1ccc(C(F)(F)F)n1. The zero-order valence-electron chi connectivity index (χ0n) is 10.1. The predicted octanol–water partition coefficient (Wildman–Crippen LogP) is 0.909. The fourth-order valence-corrected chi connectivity index (χ4v) is 1.43. The number of hydrogen-bond donors (Lipinski definition) is 1. The lowest BCUT2D eigenvalue weighted by Gasteiger charge is -2.19. The first-order chi connectivity index (χ1) is 8.88. The van der Waals surface area contributed by atoms with Crippen LogP contribution in [0.2, 0.25) is 0 Å². The third kappa shape index (κ3) is 4.40. The van der Waals surface area contributed by atoms with E-state index in [1.807, 2.05) is 0 Å². The van der Waals surface area contributed by atoms with E-state index < -0.39 is 17.8 Å². The third-order valence-corrected chi connectivity index (χ3v) is 2.30. The molecular weight excluding hydrogens is 263 g/mol. The highest BCUT2D eigenvalue weighted by Gasteiger charge is 2.33. The topological polar surface area (TPSA) is 58.4 Å². The fourth-order valence-electron chi connectivity index (χ4n) is 1.43. The number of carbonyl (C=O) groups is 1. The average Bonchev–Trinajstić information content (AvgIpc) is 2.77. The summed E-state index contributed by atoms with van der Waals surface area (Å²) in [5.41, 5.74) is -1.04. The first-order valence-corrected chi connectivity index (χ1v) is 5.48. The van der Waals surface area contributed by atoms with Crippen molar-refractivity contribution >= 4 is 5.91 Å². The molecule has 0 bridgehead atoms. The van der Waals surface area contributed by atoms with Gasteiger partial charge in [0.1, 0.15) is 6.54 Å². The maximum Gasteiger partial charge on any atom is 0.435 e. The summed E-state index contributed by atoms with van der Waals surface area (Å²) in [7, 11) is 0. The number of rotatable bonds is 6. The summed E-state index contributed by atoms with van der Waals surface area (Å²) in [6.07, 6.45) is -1.97. The fraction of sp³-hybridized carbons (Fsp3) is 0.455. The Morgan fingerprint density at radius 3 is 2.74 bits per heavy atom. The van der Waals surface area contributed by atoms with Crippen molar-refractivity contribution < 1.29 is 23.1 Å². The molecular formula is C11H14F3N3O2. The maximum atomic E-state index is 12.3. The van der Waals surface area contributed by atoms with Crippen molar-refractivity contribution in [2.24, 2.45) is 0 Å². The van der Waals surface area contributed by atoms with E-state index in [0.717, 1.165) is 16.9 Å². The number of amides is 1. The molecule has 1 heterocycles. The monoisotopic (exact) mass is 277 g/mol. The van der Waals surface area contributed by atoms with E-state index in [9.17, 15) is 18.0 Å². The molecule has 0 saturated carbocycles. The van der Waals surface area contributed by atoms with Crippen LogP contribution in [0.25, 0.3) is 0 Å². The minimum absolute atomic E-state index is 0.0955. The summed E-state index contributed by atoms with van der Waals surface area (Å²) >= 11 is 0. The largest absolute Gasteiger partial charge is 0.435 e. The Morgan fingerprint density at radius 2 is 2.26 bits per heavy atom. The second-order valence-electron chi connectivity index (χ2n) is 3.75. The lowest BCUT2D eigenvalue weighted by Crippen LogP contribution is -2.36. The van der Waals surface area contributed by atoms with E-state index in [0.29, 0.717) is 0 Å². The van der Waals surface area contributed by atoms with E-state index in [2.05, 4.69) is 11.7 Å². The zero-order valence-corrected chi connectivity index (χ0v) is 10.1. The summed E-state index contributed by atoms with van der Waals surface area (Å²) in [6.45, 7) is 3.23. The predicted molar refractivity (Wildman–Crippen MR) is 61.1 cm³/mol. The first-order valence-electron chi connectivity index (χ1n) is 5.48. The Kier molecular flexibility index (Phi) is 5.11. The molecule has 0 spiro atoms. The molecule has 0 radical (unpaired) electrons. The van der Waals surface area contributed by atoms with Crippen molar-refractivity contribution in [1.82, 2.24) is 14.7 Å². The Hall–Kier alpha value is -1.83. The van der Waals surface area contributed by atoms with Crippen molar-refractivity contribution in [1.29, 1.82) is 0 Å². The molecule has 0 aliphatic rings. The molecule has 1 rings (SSSR count). The number of alkyl halides is 3. The van der Waals surface area contributed by atoms with Crippen molar-refractivity contribution in [3.8, 4) is 0 Å². The summed E-state index contributed by atoms with van der Waals surface area (Å²) in [5, 5.41) is 12.1. The number of halogens is 3. The maximum absolute atomic E-state index is 12.3. The Morgan fingerprint density at radius 1 is 1.58 bits per heavy atom. The van der Waals surface area contributed by atoms with Crippen LogP contribution in [-0.2, 0) is 17.5 Å². The molecule has 0 atom stereocenters. The molecule has 0 fully saturated rings. The summed E-state index contributed by atoms with van der Waals surface area (Å²) < 4.78 is 37.9. The smallest absolute Gasteiger partial charge is 0.395 e. The number of carbonyl (C=O) groups excluding carboxylic acids is 1. The van der Waals surface area contributed by atoms with E-state index in [4.69, 9.17) is 5.11 Å². The second kappa shape index (κ2) is 6.37. The zero-order chi connectivity index (χ0) is 14.5. The highest BCUT2D eigenvalue weighted by Crippen LogP contribution is 2.27. The van der Waals surface area contributed by atoms with Crippen LogP contribution < -0.4 is 0 Å². The van der Waals surface area contributed by atoms with Crippen LogP contribution in [0.5, 0.6) is 0 Å². The molecule has 0 aliphatic heterocycles. The molecule has 1 aromatic heterocycles. The quantitative estimate of drug-likeness (QED) is 0.786. The van der Waals surface area contributed by atoms with Gasteiger partial charge in [-0.1, -0.05) is 6.08 Å². The number of nitrogens with zero attached hydrogens (tertiary/aromatic N) is 3. The van der Waals surface area contributed by atoms with Gasteiger partial charge in [0.05, 0.1) is 6.61 Å². The van der Waals surface area contributed by atoms with Gasteiger partial charge in [0.25, 0.3) is 0 Å². The average molecular weight is 277 g/mol. The van der Waals surface area contributed by atoms with Crippen LogP contribution in [0.1, 0.15) is 5.69 Å². The molecule has 8 heteroatoms. The molecule has 0 aliphatic carbocycles. The van der Waals surface area contributed by atoms with Gasteiger partial charge in [-0.25, -0.2) is 0 Å². The normalized spacial score (nSPS) is 11.4. The molecule has 1 aromatic rings. The molecule has 1 amide bonds. The van der Waals surface area contributed by atoms with Gasteiger partial charge in [0.15, 0.2) is 5.69 Å². The first kappa shape index (κ1) is 15.2. The van der Waals surface area contributed by atoms with Crippen LogP contribution >= 0.6 is 0 Å². The summed E-state index contributed by atoms with van der Waals surface area (Å²) in [5.74, 6) is -0.439. The number of hydrogen-bond acceptors (Lipinski definition) is 3. The van der Waals surface area contributed by atoms with Crippen molar-refractivity contribution in [3.63, 3.8) is 0 Å². The van der Waals surface area contributed by atoms with Crippen molar-refractivity contribution in [3.05, 3.63) is 30.6 Å². The van der Waals surface area contributed by atoms with Gasteiger partial charge in [-0.15, -0.1) is 6.58 Å². The van der Waals surface area contributed by atoms with Gasteiger partial charge in [-0.05, 0) is 6.07 Å². The van der Waals surface area contributed by atoms with Gasteiger partial charge < -0.3 is 10.0 Å². The lowest BCUT2D eigenvalue weighted by atomic mass is 10.4. The number of aliphatic hydroxyl groups excluding tert-OH is 1. The van der Waals surface area contributed by atoms with E-state index in [1.54, 1.807) is 0 Å². The molecule has 0 unspecified atom stereocenters. The highest BCUT2D eigenvalue weighted by atomic mass is 19.4. The Balaban J connectivity index is 2.70. The van der Waals surface area contributed by atoms with Crippen LogP contribution in [0.4, 0.5) is 13.2 Å². The van der Waals surface area contributed by atoms with Gasteiger partial charge >= 0.3 is 6.18 Å². The minimum Gasteiger partial charge on any atom is -0.395 e. The van der Waals surface area contributed by atoms with Gasteiger partial charge in [0.2, 0.25) is 5.91 Å². The van der Waals surface area contributed by atoms with Gasteiger partial charge in [-0.2, -0.15) is 18.3 Å². The molecule has 19 heavy (non-hydrogen) atoms. The molecule has 0 aromatic carbocycles. The Bertz CT molecular complexity index is 443. The third-order valence-electron chi connectivity index (χ3n) is 2.30. The second-order valence-corrected chi connectivity index (χ2v) is 3.75. The van der Waals surface area contributed by atoms with Crippen LogP contribution in [0.15, 0.2) is 24.9 Å². The number of aromatic nitrogens is 2. The van der Waals surface area contributed by atoms with E-state index >= 15 is 0 Å². The molecule has 106 valence electrons. The number of aliphatic hydroxyl groups is 1. The van der Waals surface area contributed by atoms with Gasteiger partial charge in [-0.3, -0.25) is 9.48 Å². The van der Waals surface area contributed by atoms with Crippen LogP contribution in [0.3, 0.4) is 0 Å². The van der Waals surface area contributed by atoms with E-state index in [-0.39, 0.29) is 26.2 Å². The van der Waals surface area contributed by atoms with Crippen LogP contribution in [-0.4, -0.2) is 45.4 Å². The van der Waals surface area contributed by atoms with Crippen molar-refractivity contribution in [2.45, 2.75) is 12.7 Å². The Labute approximate surface area is 107 Å². The summed E-state index contributed by atoms with van der Waals surface area (Å²) in [4.78, 5) is 13.1. The molecule has 5 nitrogen and oxygen atoms in total. The van der Waals surface area contributed by atoms with E-state index in [1.165, 1.54) is 11.0 Å². The molecule has 0 saturated heterocycles. The van der Waals surface area contributed by atoms with Crippen LogP contribution in [0, 0.1) is 0 Å². The summed E-state index contributed by atoms with van der Waals surface area (Å²) in [6, 6.07) is 0.803. The minimum atomic E-state index is -4.53. The molecule has 1 N–H and O–H groups in total. The standard InChI is InChI=1S/C11H14F3N3O2/c1-2-4-16(6-7-18)10(19)8-17-5-3-9(15-17)11(12,13)14/h2-3,5,18H,1,4,6-8H2. The van der Waals surface area contributed by atoms with Crippen molar-refractivity contribution in [2.75, 3.05) is 19.7 Å². The highest BCUT2D eigenvalue weighted by molar-refractivity contribution is 5.76.